The Balaban J connectivity index is 0.000000212. The molecule has 0 unspecified atom stereocenters. The van der Waals surface area contributed by atoms with Gasteiger partial charge < -0.3 is 35.2 Å². The Kier molecular flexibility index (Phi) is 15.4. The molecule has 0 atom stereocenters. The molecule has 0 aliphatic carbocycles. The Morgan fingerprint density at radius 1 is 0.439 bits per heavy atom. The Bertz CT molecular complexity index is 1310. The van der Waals surface area contributed by atoms with Crippen molar-refractivity contribution in [1.82, 2.24) is 29.9 Å². The van der Waals surface area contributed by atoms with Crippen LogP contribution in [0.4, 0.5) is 0 Å². The summed E-state index contributed by atoms with van der Waals surface area (Å²) in [5.74, 6) is 0.724. The number of rotatable bonds is 4. The average molecular weight is 933 g/mol. The molecular weight excluding hydrogens is 911 g/mol. The maximum atomic E-state index is 5.24. The average Bonchev–Trinajstić information content (AvgIpc) is 3.04. The van der Waals surface area contributed by atoms with Crippen LogP contribution >= 0.6 is 0 Å². The third-order valence-corrected chi connectivity index (χ3v) is 5.75. The zero-order valence-corrected chi connectivity index (χ0v) is 27.5. The van der Waals surface area contributed by atoms with Gasteiger partial charge in [0.05, 0.1) is 11.6 Å². The predicted molar refractivity (Wildman–Crippen MR) is 157 cm³/mol. The van der Waals surface area contributed by atoms with Crippen LogP contribution in [0.1, 0.15) is 11.6 Å². The monoisotopic (exact) mass is 932 g/mol. The summed E-state index contributed by atoms with van der Waals surface area (Å²) < 4.78 is -1.19. The molecule has 41 heavy (non-hydrogen) atoms. The Morgan fingerprint density at radius 2 is 0.805 bits per heavy atom. The number of pyridine rings is 2. The van der Waals surface area contributed by atoms with Gasteiger partial charge in [-0.05, 0) is 35.7 Å². The van der Waals surface area contributed by atoms with Gasteiger partial charge in [0.15, 0.2) is 0 Å². The van der Waals surface area contributed by atoms with Gasteiger partial charge in [-0.1, -0.05) is 24.3 Å². The van der Waals surface area contributed by atoms with E-state index in [-0.39, 0.29) is 42.1 Å². The minimum Gasteiger partial charge on any atom is -0.797 e. The van der Waals surface area contributed by atoms with Crippen molar-refractivity contribution >= 4 is 25.3 Å². The van der Waals surface area contributed by atoms with Gasteiger partial charge in [-0.3, -0.25) is 0 Å². The van der Waals surface area contributed by atoms with Crippen molar-refractivity contribution in [3.05, 3.63) is 158 Å². The van der Waals surface area contributed by atoms with Gasteiger partial charge in [-0.25, -0.2) is 19.9 Å². The standard InChI is InChI=1S/2C11H8N.C9H8N4S2.2Pt/c2*1-2-6-10(7-3-1)11-8-4-5-9-12-11;14-9(15,7-10-3-1-4-11-7)8-12-5-2-6-13-8;;/h2*1-6,8-9H;1-6,14-15H;;/q2*-1;;2*+2/p-2. The SMILES string of the molecule is [Pt+2].[Pt+2].[S-]C([S-])(c1ncccn1)c1ncccn1.[c-]1ccccc1-c1ccccn1.[c-]1ccccc1-c1ccccn1. The van der Waals surface area contributed by atoms with Crippen LogP contribution in [0.15, 0.2) is 134 Å². The van der Waals surface area contributed by atoms with E-state index in [1.807, 2.05) is 84.9 Å². The second-order valence-corrected chi connectivity index (χ2v) is 9.23. The molecule has 6 nitrogen and oxygen atoms in total. The molecule has 0 N–H and O–H groups in total. The molecule has 0 radical (unpaired) electrons. The van der Waals surface area contributed by atoms with E-state index in [1.165, 1.54) is 0 Å². The molecule has 0 saturated carbocycles. The third kappa shape index (κ3) is 10.7. The number of hydrogen-bond acceptors (Lipinski definition) is 8. The van der Waals surface area contributed by atoms with Gasteiger partial charge in [0.25, 0.3) is 0 Å². The molecule has 4 heterocycles. The van der Waals surface area contributed by atoms with E-state index in [2.05, 4.69) is 42.0 Å². The molecule has 0 saturated heterocycles. The predicted octanol–water partition coefficient (Wildman–Crippen LogP) is 5.65. The van der Waals surface area contributed by atoms with Gasteiger partial charge in [-0.2, -0.15) is 4.08 Å². The van der Waals surface area contributed by atoms with Crippen molar-refractivity contribution < 1.29 is 42.1 Å². The van der Waals surface area contributed by atoms with E-state index in [4.69, 9.17) is 25.3 Å². The van der Waals surface area contributed by atoms with Crippen LogP contribution in [0, 0.1) is 12.1 Å². The van der Waals surface area contributed by atoms with Gasteiger partial charge in [0, 0.05) is 37.2 Å². The maximum Gasteiger partial charge on any atom is 2.00 e. The van der Waals surface area contributed by atoms with Gasteiger partial charge in [0.2, 0.25) is 0 Å². The van der Waals surface area contributed by atoms with E-state index in [1.54, 1.807) is 49.3 Å². The van der Waals surface area contributed by atoms with E-state index >= 15 is 0 Å². The minimum absolute atomic E-state index is 0. The summed E-state index contributed by atoms with van der Waals surface area (Å²) >= 11 is 10.5. The van der Waals surface area contributed by atoms with E-state index in [0.29, 0.717) is 11.6 Å². The van der Waals surface area contributed by atoms with Crippen molar-refractivity contribution in [2.24, 2.45) is 0 Å². The van der Waals surface area contributed by atoms with Gasteiger partial charge >= 0.3 is 42.1 Å². The fourth-order valence-corrected chi connectivity index (χ4v) is 3.61. The molecule has 0 bridgehead atoms. The molecule has 2 aromatic carbocycles. The molecule has 0 aliphatic heterocycles. The summed E-state index contributed by atoms with van der Waals surface area (Å²) in [7, 11) is 0. The van der Waals surface area contributed by atoms with Crippen molar-refractivity contribution in [3.8, 4) is 22.5 Å². The zero-order chi connectivity index (χ0) is 27.2. The van der Waals surface area contributed by atoms with Gasteiger partial charge in [0.1, 0.15) is 0 Å². The molecule has 10 heteroatoms. The summed E-state index contributed by atoms with van der Waals surface area (Å²) in [5, 5.41) is 0. The van der Waals surface area contributed by atoms with Crippen LogP contribution in [-0.2, 0) is 71.5 Å². The number of benzene rings is 2. The van der Waals surface area contributed by atoms with Crippen LogP contribution in [0.3, 0.4) is 0 Å². The zero-order valence-electron chi connectivity index (χ0n) is 21.3. The normalized spacial score (nSPS) is 9.80. The Labute approximate surface area is 279 Å². The molecule has 6 rings (SSSR count). The van der Waals surface area contributed by atoms with Gasteiger partial charge in [-0.15, -0.1) is 71.8 Å². The van der Waals surface area contributed by atoms with Crippen LogP contribution in [-0.4, -0.2) is 29.9 Å². The summed E-state index contributed by atoms with van der Waals surface area (Å²) in [4.78, 5) is 24.5. The fourth-order valence-electron chi connectivity index (χ4n) is 3.19. The molecule has 0 aliphatic rings. The van der Waals surface area contributed by atoms with Crippen molar-refractivity contribution in [2.45, 2.75) is 4.08 Å². The van der Waals surface area contributed by atoms with E-state index < -0.39 is 4.08 Å². The van der Waals surface area contributed by atoms with Crippen molar-refractivity contribution in [3.63, 3.8) is 0 Å². The maximum absolute atomic E-state index is 5.24. The molecule has 0 fully saturated rings. The second kappa shape index (κ2) is 18.4. The number of aromatic nitrogens is 6. The number of nitrogens with zero attached hydrogens (tertiary/aromatic N) is 6. The second-order valence-electron chi connectivity index (χ2n) is 7.74. The summed E-state index contributed by atoms with van der Waals surface area (Å²) in [6.45, 7) is 0. The minimum atomic E-state index is -1.19. The number of hydrogen-bond donors (Lipinski definition) is 0. The quantitative estimate of drug-likeness (QED) is 0.166. The first-order valence-corrected chi connectivity index (χ1v) is 12.7. The summed E-state index contributed by atoms with van der Waals surface area (Å²) in [6.07, 6.45) is 9.96. The van der Waals surface area contributed by atoms with Crippen LogP contribution in [0.2, 0.25) is 0 Å². The Hall–Kier alpha value is -3.02. The molecule has 0 spiro atoms. The third-order valence-electron chi connectivity index (χ3n) is 5.02. The summed E-state index contributed by atoms with van der Waals surface area (Å²) in [5.41, 5.74) is 4.02. The van der Waals surface area contributed by atoms with Crippen molar-refractivity contribution in [2.75, 3.05) is 0 Å². The first-order chi connectivity index (χ1) is 19.1. The largest absolute Gasteiger partial charge is 2.00 e. The van der Waals surface area contributed by atoms with Crippen LogP contribution in [0.5, 0.6) is 0 Å². The van der Waals surface area contributed by atoms with Crippen LogP contribution in [0.25, 0.3) is 22.5 Å². The molecular formula is C31H22N6Pt2S2. The fraction of sp³-hybridized carbons (Fsp3) is 0.0323. The first kappa shape index (κ1) is 34.2. The Morgan fingerprint density at radius 3 is 1.12 bits per heavy atom. The molecule has 4 aromatic heterocycles. The summed E-state index contributed by atoms with van der Waals surface area (Å²) in [6, 6.07) is 37.0. The smallest absolute Gasteiger partial charge is 0.797 e. The topological polar surface area (TPSA) is 77.3 Å². The molecule has 208 valence electrons. The van der Waals surface area contributed by atoms with Crippen LogP contribution < -0.4 is 0 Å². The van der Waals surface area contributed by atoms with E-state index in [9.17, 15) is 0 Å². The van der Waals surface area contributed by atoms with Crippen molar-refractivity contribution in [1.29, 1.82) is 0 Å². The first-order valence-electron chi connectivity index (χ1n) is 11.9. The molecule has 6 aromatic rings. The van der Waals surface area contributed by atoms with E-state index in [0.717, 1.165) is 22.5 Å². The molecule has 0 amide bonds.